The maximum Gasteiger partial charge on any atom is 1.00 e. The van der Waals surface area contributed by atoms with Gasteiger partial charge < -0.3 is 5.11 Å². The molecule has 0 radical (unpaired) electrons. The third-order valence-electron chi connectivity index (χ3n) is 1.44. The van der Waals surface area contributed by atoms with E-state index in [1.807, 2.05) is 0 Å². The van der Waals surface area contributed by atoms with Crippen LogP contribution in [0.15, 0.2) is 12.1 Å². The van der Waals surface area contributed by atoms with Crippen LogP contribution in [-0.4, -0.2) is 4.92 Å². The zero-order valence-electron chi connectivity index (χ0n) is 7.20. The van der Waals surface area contributed by atoms with Gasteiger partial charge in [0, 0.05) is 11.1 Å². The van der Waals surface area contributed by atoms with Gasteiger partial charge >= 0.3 is 29.6 Å². The van der Waals surface area contributed by atoms with E-state index in [-0.39, 0.29) is 34.6 Å². The van der Waals surface area contributed by atoms with Crippen LogP contribution >= 0.6 is 11.6 Å². The van der Waals surface area contributed by atoms with Crippen molar-refractivity contribution in [2.24, 2.45) is 0 Å². The zero-order valence-corrected chi connectivity index (χ0v) is 9.96. The van der Waals surface area contributed by atoms with E-state index in [1.54, 1.807) is 6.92 Å². The second kappa shape index (κ2) is 4.81. The molecule has 0 aliphatic carbocycles. The van der Waals surface area contributed by atoms with Crippen molar-refractivity contribution >= 4 is 17.3 Å². The Morgan fingerprint density at radius 1 is 1.46 bits per heavy atom. The van der Waals surface area contributed by atoms with Crippen LogP contribution in [0.3, 0.4) is 0 Å². The van der Waals surface area contributed by atoms with E-state index in [0.29, 0.717) is 5.56 Å². The monoisotopic (exact) mass is 209 g/mol. The van der Waals surface area contributed by atoms with Crippen molar-refractivity contribution in [1.29, 1.82) is 0 Å². The molecule has 0 unspecified atom stereocenters. The van der Waals surface area contributed by atoms with Gasteiger partial charge in [0.15, 0.2) is 0 Å². The molecular weight excluding hydrogens is 205 g/mol. The topological polar surface area (TPSA) is 66.2 Å². The maximum atomic E-state index is 10.9. The average molecular weight is 210 g/mol. The predicted molar refractivity (Wildman–Crippen MR) is 42.3 cm³/mol. The Balaban J connectivity index is 0.00000144. The van der Waals surface area contributed by atoms with E-state index in [1.165, 1.54) is 6.07 Å². The molecule has 13 heavy (non-hydrogen) atoms. The largest absolute Gasteiger partial charge is 1.00 e. The van der Waals surface area contributed by atoms with Gasteiger partial charge in [-0.05, 0) is 24.3 Å². The minimum absolute atomic E-state index is 0. The number of nitrogens with zero attached hydrogens (tertiary/aromatic N) is 1. The fraction of sp³-hybridized carbons (Fsp3) is 0.143. The maximum absolute atomic E-state index is 10.9. The van der Waals surface area contributed by atoms with Gasteiger partial charge in [-0.1, -0.05) is 11.6 Å². The molecule has 0 saturated heterocycles. The molecule has 0 aliphatic heterocycles. The first kappa shape index (κ1) is 12.7. The van der Waals surface area contributed by atoms with E-state index >= 15 is 0 Å². The molecule has 0 saturated carbocycles. The smallest absolute Gasteiger partial charge is 0.868 e. The fourth-order valence-corrected chi connectivity index (χ4v) is 0.944. The third-order valence-corrected chi connectivity index (χ3v) is 1.84. The Bertz CT molecular complexity index is 343. The van der Waals surface area contributed by atoms with E-state index < -0.39 is 16.4 Å². The van der Waals surface area contributed by atoms with Crippen LogP contribution in [-0.2, 0) is 0 Å². The molecule has 1 aromatic carbocycles. The summed E-state index contributed by atoms with van der Waals surface area (Å²) in [7, 11) is 0. The van der Waals surface area contributed by atoms with Gasteiger partial charge in [0.1, 0.15) is 0 Å². The van der Waals surface area contributed by atoms with Crippen LogP contribution in [0.1, 0.15) is 5.56 Å². The summed E-state index contributed by atoms with van der Waals surface area (Å²) >= 11 is 5.57. The Morgan fingerprint density at radius 3 is 2.46 bits per heavy atom. The predicted octanol–water partition coefficient (Wildman–Crippen LogP) is -1.37. The summed E-state index contributed by atoms with van der Waals surface area (Å²) in [5.74, 6) is -0.657. The molecule has 0 aliphatic rings. The van der Waals surface area contributed by atoms with Gasteiger partial charge in [0.25, 0.3) is 5.69 Å². The van der Waals surface area contributed by atoms with E-state index in [4.69, 9.17) is 11.6 Å². The molecule has 0 bridgehead atoms. The summed E-state index contributed by atoms with van der Waals surface area (Å²) in [4.78, 5) is 9.53. The molecule has 4 nitrogen and oxygen atoms in total. The van der Waals surface area contributed by atoms with Crippen LogP contribution < -0.4 is 34.7 Å². The normalized spacial score (nSPS) is 9.08. The first-order valence-electron chi connectivity index (χ1n) is 3.14. The number of benzene rings is 1. The Morgan fingerprint density at radius 2 is 2.00 bits per heavy atom. The van der Waals surface area contributed by atoms with Crippen molar-refractivity contribution in [2.75, 3.05) is 0 Å². The number of hydrogen-bond acceptors (Lipinski definition) is 3. The first-order valence-corrected chi connectivity index (χ1v) is 3.51. The van der Waals surface area contributed by atoms with Crippen molar-refractivity contribution in [3.63, 3.8) is 0 Å². The second-order valence-corrected chi connectivity index (χ2v) is 2.73. The number of nitro benzene ring substituents is 1. The Hall–Kier alpha value is -0.290. The van der Waals surface area contributed by atoms with Crippen LogP contribution in [0.25, 0.3) is 0 Å². The Kier molecular flexibility index (Phi) is 4.70. The SMILES string of the molecule is Cc1cc([N+](=O)[O-])c([O-])cc1Cl.[Na+]. The van der Waals surface area contributed by atoms with Gasteiger partial charge in [-0.3, -0.25) is 10.1 Å². The summed E-state index contributed by atoms with van der Waals surface area (Å²) in [5.41, 5.74) is 0.0971. The molecule has 1 rings (SSSR count). The van der Waals surface area contributed by atoms with Crippen molar-refractivity contribution < 1.29 is 39.6 Å². The van der Waals surface area contributed by atoms with Crippen LogP contribution in [0.2, 0.25) is 5.02 Å². The van der Waals surface area contributed by atoms with Crippen molar-refractivity contribution in [3.8, 4) is 5.75 Å². The molecule has 1 aromatic rings. The molecule has 0 amide bonds. The molecule has 0 N–H and O–H groups in total. The molecule has 64 valence electrons. The third kappa shape index (κ3) is 2.84. The zero-order chi connectivity index (χ0) is 9.30. The molecular formula is C7H5ClNNaO3. The van der Waals surface area contributed by atoms with Gasteiger partial charge in [0.2, 0.25) is 0 Å². The van der Waals surface area contributed by atoms with Crippen molar-refractivity contribution in [2.45, 2.75) is 6.92 Å². The van der Waals surface area contributed by atoms with Gasteiger partial charge in [-0.2, -0.15) is 0 Å². The molecule has 0 atom stereocenters. The van der Waals surface area contributed by atoms with Crippen molar-refractivity contribution in [1.82, 2.24) is 0 Å². The quantitative estimate of drug-likeness (QED) is 0.326. The van der Waals surface area contributed by atoms with Crippen LogP contribution in [0, 0.1) is 17.0 Å². The van der Waals surface area contributed by atoms with Gasteiger partial charge in [-0.25, -0.2) is 0 Å². The molecule has 0 fully saturated rings. The van der Waals surface area contributed by atoms with Gasteiger partial charge in [0.05, 0.1) is 4.92 Å². The summed E-state index contributed by atoms with van der Waals surface area (Å²) < 4.78 is 0. The van der Waals surface area contributed by atoms with Gasteiger partial charge in [-0.15, -0.1) is 0 Å². The number of halogens is 1. The number of rotatable bonds is 1. The van der Waals surface area contributed by atoms with E-state index in [2.05, 4.69) is 0 Å². The van der Waals surface area contributed by atoms with Crippen LogP contribution in [0.5, 0.6) is 5.75 Å². The summed E-state index contributed by atoms with van der Waals surface area (Å²) in [5, 5.41) is 21.4. The number of hydrogen-bond donors (Lipinski definition) is 0. The van der Waals surface area contributed by atoms with Crippen LogP contribution in [0.4, 0.5) is 5.69 Å². The fourth-order valence-electron chi connectivity index (χ4n) is 0.791. The summed E-state index contributed by atoms with van der Waals surface area (Å²) in [6.45, 7) is 1.61. The minimum atomic E-state index is -0.717. The van der Waals surface area contributed by atoms with E-state index in [9.17, 15) is 15.2 Å². The second-order valence-electron chi connectivity index (χ2n) is 2.33. The molecule has 0 spiro atoms. The van der Waals surface area contributed by atoms with Crippen molar-refractivity contribution in [3.05, 3.63) is 32.8 Å². The minimum Gasteiger partial charge on any atom is -0.868 e. The van der Waals surface area contributed by atoms with E-state index in [0.717, 1.165) is 6.07 Å². The average Bonchev–Trinajstić information content (AvgIpc) is 1.96. The number of nitro groups is 1. The molecule has 6 heteroatoms. The standard InChI is InChI=1S/C7H6ClNO3.Na/c1-4-2-6(9(11)12)7(10)3-5(4)8;/h2-3,10H,1H3;/q;+1/p-1. The molecule has 0 aromatic heterocycles. The summed E-state index contributed by atoms with van der Waals surface area (Å²) in [6.07, 6.45) is 0. The summed E-state index contributed by atoms with van der Waals surface area (Å²) in [6, 6.07) is 2.22. The number of aryl methyl sites for hydroxylation is 1. The molecule has 0 heterocycles. The first-order chi connectivity index (χ1) is 5.52. The Labute approximate surface area is 102 Å².